The fourth-order valence-corrected chi connectivity index (χ4v) is 3.04. The topological polar surface area (TPSA) is 70.2 Å². The summed E-state index contributed by atoms with van der Waals surface area (Å²) in [6, 6.07) is 15.0. The second-order valence-electron chi connectivity index (χ2n) is 6.31. The number of benzene rings is 2. The third kappa shape index (κ3) is 3.69. The molecule has 0 unspecified atom stereocenters. The van der Waals surface area contributed by atoms with Gasteiger partial charge in [-0.2, -0.15) is 0 Å². The Bertz CT molecular complexity index is 965. The Morgan fingerprint density at radius 1 is 1.26 bits per heavy atom. The Labute approximate surface area is 157 Å². The molecule has 0 radical (unpaired) electrons. The van der Waals surface area contributed by atoms with Crippen LogP contribution in [0.1, 0.15) is 17.7 Å². The quantitative estimate of drug-likeness (QED) is 0.727. The zero-order valence-corrected chi connectivity index (χ0v) is 15.0. The number of fused-ring (bicyclic) bond motifs is 1. The molecular formula is C21H20N4O2. The number of nitrogens with one attached hydrogen (secondary N) is 2. The molecule has 0 fully saturated rings. The number of ether oxygens (including phenoxy) is 1. The fourth-order valence-electron chi connectivity index (χ4n) is 3.04. The molecule has 6 nitrogen and oxygen atoms in total. The van der Waals surface area contributed by atoms with Gasteiger partial charge in [0.25, 0.3) is 0 Å². The molecule has 136 valence electrons. The molecule has 1 aliphatic rings. The number of anilines is 2. The van der Waals surface area contributed by atoms with Crippen molar-refractivity contribution in [3.05, 3.63) is 72.3 Å². The summed E-state index contributed by atoms with van der Waals surface area (Å²) in [7, 11) is 1.75. The van der Waals surface area contributed by atoms with Crippen LogP contribution >= 0.6 is 0 Å². The number of aromatic amines is 1. The number of para-hydroxylation sites is 1. The van der Waals surface area contributed by atoms with E-state index < -0.39 is 0 Å². The first-order valence-electron chi connectivity index (χ1n) is 8.76. The highest BCUT2D eigenvalue weighted by atomic mass is 16.5. The fraction of sp³-hybridized carbons (Fsp3) is 0.143. The van der Waals surface area contributed by atoms with Crippen molar-refractivity contribution >= 4 is 29.1 Å². The molecule has 27 heavy (non-hydrogen) atoms. The highest BCUT2D eigenvalue weighted by Gasteiger charge is 2.19. The summed E-state index contributed by atoms with van der Waals surface area (Å²) < 4.78 is 5.78. The Morgan fingerprint density at radius 3 is 2.89 bits per heavy atom. The van der Waals surface area contributed by atoms with Crippen molar-refractivity contribution in [2.75, 3.05) is 23.9 Å². The predicted octanol–water partition coefficient (Wildman–Crippen LogP) is 4.40. The monoisotopic (exact) mass is 360 g/mol. The molecule has 2 amide bonds. The number of carbonyl (C=O) groups is 1. The van der Waals surface area contributed by atoms with Crippen molar-refractivity contribution in [2.24, 2.45) is 0 Å². The van der Waals surface area contributed by atoms with Crippen LogP contribution in [0.5, 0.6) is 5.75 Å². The number of carbonyl (C=O) groups excluding carboxylic acids is 1. The van der Waals surface area contributed by atoms with Gasteiger partial charge in [0.05, 0.1) is 24.8 Å². The first kappa shape index (κ1) is 16.9. The number of hydrogen-bond donors (Lipinski definition) is 2. The smallest absolute Gasteiger partial charge is 0.326 e. The van der Waals surface area contributed by atoms with E-state index in [-0.39, 0.29) is 6.03 Å². The third-order valence-electron chi connectivity index (χ3n) is 4.50. The normalized spacial score (nSPS) is 14.3. The highest BCUT2D eigenvalue weighted by Crippen LogP contribution is 2.36. The largest absolute Gasteiger partial charge is 0.493 e. The second kappa shape index (κ2) is 7.37. The molecule has 2 N–H and O–H groups in total. The van der Waals surface area contributed by atoms with E-state index in [1.165, 1.54) is 0 Å². The Balaban J connectivity index is 1.60. The van der Waals surface area contributed by atoms with Gasteiger partial charge in [0.1, 0.15) is 5.75 Å². The van der Waals surface area contributed by atoms with Gasteiger partial charge in [0, 0.05) is 30.4 Å². The maximum atomic E-state index is 12.6. The number of hydrogen-bond acceptors (Lipinski definition) is 3. The lowest BCUT2D eigenvalue weighted by Crippen LogP contribution is -2.31. The summed E-state index contributed by atoms with van der Waals surface area (Å²) in [6.07, 6.45) is 6.31. The van der Waals surface area contributed by atoms with Gasteiger partial charge in [-0.15, -0.1) is 0 Å². The minimum Gasteiger partial charge on any atom is -0.493 e. The van der Waals surface area contributed by atoms with Crippen molar-refractivity contribution in [3.63, 3.8) is 0 Å². The zero-order chi connectivity index (χ0) is 18.6. The van der Waals surface area contributed by atoms with Crippen LogP contribution in [0, 0.1) is 0 Å². The molecular weight excluding hydrogens is 340 g/mol. The van der Waals surface area contributed by atoms with Crippen molar-refractivity contribution in [1.82, 2.24) is 9.97 Å². The molecule has 0 spiro atoms. The van der Waals surface area contributed by atoms with E-state index >= 15 is 0 Å². The molecule has 3 aromatic rings. The summed E-state index contributed by atoms with van der Waals surface area (Å²) in [6.45, 7) is 0.636. The van der Waals surface area contributed by atoms with Gasteiger partial charge in [-0.3, -0.25) is 4.90 Å². The van der Waals surface area contributed by atoms with Gasteiger partial charge in [0.15, 0.2) is 0 Å². The summed E-state index contributed by atoms with van der Waals surface area (Å²) >= 11 is 0. The van der Waals surface area contributed by atoms with Gasteiger partial charge < -0.3 is 15.0 Å². The lowest BCUT2D eigenvalue weighted by molar-refractivity contribution is 0.258. The molecule has 0 aliphatic carbocycles. The SMILES string of the molecule is CN(C(=O)Nc1ccccc1)c1ccc2c(c1)C(=Cc1cnc[nH]1)CCO2. The number of nitrogens with zero attached hydrogens (tertiary/aromatic N) is 2. The van der Waals surface area contributed by atoms with E-state index in [0.717, 1.165) is 40.4 Å². The van der Waals surface area contributed by atoms with Crippen LogP contribution in [0.15, 0.2) is 61.1 Å². The Kier molecular flexibility index (Phi) is 4.61. The lowest BCUT2D eigenvalue weighted by Gasteiger charge is -2.24. The minimum absolute atomic E-state index is 0.197. The van der Waals surface area contributed by atoms with Gasteiger partial charge in [-0.25, -0.2) is 9.78 Å². The second-order valence-corrected chi connectivity index (χ2v) is 6.31. The third-order valence-corrected chi connectivity index (χ3v) is 4.50. The standard InChI is InChI=1S/C21H20N4O2/c1-25(21(26)24-16-5-3-2-4-6-16)18-7-8-20-19(12-18)15(9-10-27-20)11-17-13-22-14-23-17/h2-8,11-14H,9-10H2,1H3,(H,22,23)(H,24,26). The average molecular weight is 360 g/mol. The first-order valence-corrected chi connectivity index (χ1v) is 8.76. The summed E-state index contributed by atoms with van der Waals surface area (Å²) in [5, 5.41) is 2.90. The number of aromatic nitrogens is 2. The molecule has 0 bridgehead atoms. The Hall–Kier alpha value is -3.54. The van der Waals surface area contributed by atoms with Gasteiger partial charge in [-0.1, -0.05) is 18.2 Å². The van der Waals surface area contributed by atoms with E-state index in [2.05, 4.69) is 21.4 Å². The van der Waals surface area contributed by atoms with E-state index in [0.29, 0.717) is 6.61 Å². The van der Waals surface area contributed by atoms with Crippen LogP contribution in [-0.2, 0) is 0 Å². The van der Waals surface area contributed by atoms with E-state index in [4.69, 9.17) is 4.74 Å². The van der Waals surface area contributed by atoms with Crippen molar-refractivity contribution in [3.8, 4) is 5.75 Å². The maximum Gasteiger partial charge on any atom is 0.326 e. The summed E-state index contributed by atoms with van der Waals surface area (Å²) in [5.41, 5.74) is 4.64. The van der Waals surface area contributed by atoms with Crippen LogP contribution in [0.3, 0.4) is 0 Å². The average Bonchev–Trinajstić information content (AvgIpc) is 3.21. The first-order chi connectivity index (χ1) is 13.2. The van der Waals surface area contributed by atoms with Crippen LogP contribution < -0.4 is 15.0 Å². The van der Waals surface area contributed by atoms with E-state index in [9.17, 15) is 4.79 Å². The van der Waals surface area contributed by atoms with Crippen molar-refractivity contribution in [1.29, 1.82) is 0 Å². The van der Waals surface area contributed by atoms with Crippen LogP contribution in [0.2, 0.25) is 0 Å². The Morgan fingerprint density at radius 2 is 2.11 bits per heavy atom. The molecule has 0 saturated heterocycles. The van der Waals surface area contributed by atoms with E-state index in [1.54, 1.807) is 24.5 Å². The lowest BCUT2D eigenvalue weighted by atomic mass is 9.98. The highest BCUT2D eigenvalue weighted by molar-refractivity contribution is 6.01. The van der Waals surface area contributed by atoms with E-state index in [1.807, 2.05) is 48.5 Å². The number of urea groups is 1. The predicted molar refractivity (Wildman–Crippen MR) is 107 cm³/mol. The molecule has 2 aromatic carbocycles. The molecule has 1 aliphatic heterocycles. The van der Waals surface area contributed by atoms with Gasteiger partial charge in [-0.05, 0) is 42.0 Å². The van der Waals surface area contributed by atoms with Gasteiger partial charge in [0.2, 0.25) is 0 Å². The number of amides is 2. The van der Waals surface area contributed by atoms with Crippen molar-refractivity contribution < 1.29 is 9.53 Å². The molecule has 1 aromatic heterocycles. The molecule has 2 heterocycles. The molecule has 0 atom stereocenters. The number of imidazole rings is 1. The minimum atomic E-state index is -0.197. The molecule has 6 heteroatoms. The zero-order valence-electron chi connectivity index (χ0n) is 15.0. The van der Waals surface area contributed by atoms with Crippen LogP contribution in [0.25, 0.3) is 11.6 Å². The summed E-state index contributed by atoms with van der Waals surface area (Å²) in [5.74, 6) is 0.827. The van der Waals surface area contributed by atoms with Gasteiger partial charge >= 0.3 is 6.03 Å². The molecule has 0 saturated carbocycles. The summed E-state index contributed by atoms with van der Waals surface area (Å²) in [4.78, 5) is 21.3. The number of rotatable bonds is 3. The van der Waals surface area contributed by atoms with Crippen LogP contribution in [-0.4, -0.2) is 29.7 Å². The molecule has 4 rings (SSSR count). The van der Waals surface area contributed by atoms with Crippen LogP contribution in [0.4, 0.5) is 16.2 Å². The number of H-pyrrole nitrogens is 1. The maximum absolute atomic E-state index is 12.6. The van der Waals surface area contributed by atoms with Crippen molar-refractivity contribution in [2.45, 2.75) is 6.42 Å².